The smallest absolute Gasteiger partial charge is 0.127 e. The maximum atomic E-state index is 14.1. The molecule has 0 aliphatic carbocycles. The number of rotatable bonds is 5. The standard InChI is InChI=1S/C16H24FN3O/c1-11(2)14-4-3-12(9-15(14)17)16(20-18)10-19-13-5-7-21-8-6-13/h3-4,9-11,13,19-20H,5-8,18H2,1-2H3/b16-10-. The first-order valence-corrected chi connectivity index (χ1v) is 7.42. The molecule has 0 unspecified atom stereocenters. The number of hydrazine groups is 1. The average Bonchev–Trinajstić information content (AvgIpc) is 2.48. The Labute approximate surface area is 125 Å². The van der Waals surface area contributed by atoms with Crippen LogP contribution in [0.3, 0.4) is 0 Å². The summed E-state index contributed by atoms with van der Waals surface area (Å²) >= 11 is 0. The Balaban J connectivity index is 2.10. The summed E-state index contributed by atoms with van der Waals surface area (Å²) in [5.41, 5.74) is 4.76. The van der Waals surface area contributed by atoms with Gasteiger partial charge in [-0.25, -0.2) is 4.39 Å². The fourth-order valence-corrected chi connectivity index (χ4v) is 2.44. The molecule has 1 aliphatic heterocycles. The van der Waals surface area contributed by atoms with Gasteiger partial charge >= 0.3 is 0 Å². The van der Waals surface area contributed by atoms with Crippen LogP contribution < -0.4 is 16.6 Å². The van der Waals surface area contributed by atoms with Gasteiger partial charge < -0.3 is 15.5 Å². The molecule has 4 nitrogen and oxygen atoms in total. The molecule has 0 saturated carbocycles. The predicted octanol–water partition coefficient (Wildman–Crippen LogP) is 2.48. The van der Waals surface area contributed by atoms with E-state index in [0.717, 1.165) is 31.6 Å². The Morgan fingerprint density at radius 3 is 2.67 bits per heavy atom. The third kappa shape index (κ3) is 4.19. The molecule has 2 rings (SSSR count). The second-order valence-corrected chi connectivity index (χ2v) is 5.65. The Bertz CT molecular complexity index is 496. The van der Waals surface area contributed by atoms with Crippen molar-refractivity contribution in [1.82, 2.24) is 10.7 Å². The Kier molecular flexibility index (Phi) is 5.59. The van der Waals surface area contributed by atoms with Gasteiger partial charge in [-0.1, -0.05) is 26.0 Å². The lowest BCUT2D eigenvalue weighted by molar-refractivity contribution is 0.0812. The second-order valence-electron chi connectivity index (χ2n) is 5.65. The summed E-state index contributed by atoms with van der Waals surface area (Å²) in [5.74, 6) is 5.53. The third-order valence-electron chi connectivity index (χ3n) is 3.77. The van der Waals surface area contributed by atoms with Crippen molar-refractivity contribution >= 4 is 5.70 Å². The van der Waals surface area contributed by atoms with E-state index in [4.69, 9.17) is 10.6 Å². The van der Waals surface area contributed by atoms with Gasteiger partial charge in [0, 0.05) is 31.0 Å². The van der Waals surface area contributed by atoms with Crippen LogP contribution in [0.25, 0.3) is 5.70 Å². The summed E-state index contributed by atoms with van der Waals surface area (Å²) in [6.45, 7) is 5.49. The van der Waals surface area contributed by atoms with Crippen LogP contribution in [0.2, 0.25) is 0 Å². The van der Waals surface area contributed by atoms with E-state index in [1.165, 1.54) is 6.07 Å². The van der Waals surface area contributed by atoms with Crippen LogP contribution in [0.15, 0.2) is 24.4 Å². The van der Waals surface area contributed by atoms with Crippen LogP contribution in [0.1, 0.15) is 43.7 Å². The Morgan fingerprint density at radius 1 is 1.38 bits per heavy atom. The highest BCUT2D eigenvalue weighted by Gasteiger charge is 2.13. The largest absolute Gasteiger partial charge is 0.386 e. The first kappa shape index (κ1) is 15.8. The lowest BCUT2D eigenvalue weighted by Gasteiger charge is -2.23. The van der Waals surface area contributed by atoms with Gasteiger partial charge in [0.2, 0.25) is 0 Å². The van der Waals surface area contributed by atoms with Crippen LogP contribution >= 0.6 is 0 Å². The van der Waals surface area contributed by atoms with Gasteiger partial charge in [0.25, 0.3) is 0 Å². The summed E-state index contributed by atoms with van der Waals surface area (Å²) in [5, 5.41) is 3.32. The van der Waals surface area contributed by atoms with Crippen LogP contribution in [-0.2, 0) is 4.74 Å². The van der Waals surface area contributed by atoms with E-state index < -0.39 is 0 Å². The minimum absolute atomic E-state index is 0.165. The van der Waals surface area contributed by atoms with E-state index in [2.05, 4.69) is 10.7 Å². The number of hydrogen-bond donors (Lipinski definition) is 3. The van der Waals surface area contributed by atoms with E-state index in [-0.39, 0.29) is 11.7 Å². The van der Waals surface area contributed by atoms with Gasteiger partial charge in [0.05, 0.1) is 5.70 Å². The number of nitrogens with two attached hydrogens (primary N) is 1. The van der Waals surface area contributed by atoms with Gasteiger partial charge in [-0.15, -0.1) is 0 Å². The molecule has 1 heterocycles. The maximum absolute atomic E-state index is 14.1. The van der Waals surface area contributed by atoms with Crippen molar-refractivity contribution in [3.63, 3.8) is 0 Å². The van der Waals surface area contributed by atoms with Crippen molar-refractivity contribution in [2.45, 2.75) is 38.6 Å². The molecule has 1 aromatic carbocycles. The number of benzene rings is 1. The van der Waals surface area contributed by atoms with Gasteiger partial charge in [-0.2, -0.15) is 0 Å². The van der Waals surface area contributed by atoms with Crippen molar-refractivity contribution in [1.29, 1.82) is 0 Å². The zero-order valence-electron chi connectivity index (χ0n) is 12.7. The summed E-state index contributed by atoms with van der Waals surface area (Å²) in [7, 11) is 0. The molecule has 0 aromatic heterocycles. The molecule has 21 heavy (non-hydrogen) atoms. The SMILES string of the molecule is CC(C)c1ccc(/C(=C/NC2CCOCC2)NN)cc1F. The monoisotopic (exact) mass is 293 g/mol. The van der Waals surface area contributed by atoms with Gasteiger partial charge in [0.15, 0.2) is 0 Å². The predicted molar refractivity (Wildman–Crippen MR) is 82.8 cm³/mol. The topological polar surface area (TPSA) is 59.3 Å². The molecule has 1 fully saturated rings. The zero-order valence-corrected chi connectivity index (χ0v) is 12.7. The lowest BCUT2D eigenvalue weighted by atomic mass is 10.00. The molecule has 116 valence electrons. The van der Waals surface area contributed by atoms with Crippen molar-refractivity contribution < 1.29 is 9.13 Å². The highest BCUT2D eigenvalue weighted by molar-refractivity contribution is 5.63. The molecule has 4 N–H and O–H groups in total. The van der Waals surface area contributed by atoms with Crippen molar-refractivity contribution in [3.8, 4) is 0 Å². The van der Waals surface area contributed by atoms with Crippen LogP contribution in [-0.4, -0.2) is 19.3 Å². The van der Waals surface area contributed by atoms with E-state index >= 15 is 0 Å². The lowest BCUT2D eigenvalue weighted by Crippen LogP contribution is -2.32. The number of halogens is 1. The molecule has 0 spiro atoms. The quantitative estimate of drug-likeness (QED) is 0.576. The highest BCUT2D eigenvalue weighted by atomic mass is 19.1. The average molecular weight is 293 g/mol. The molecular weight excluding hydrogens is 269 g/mol. The van der Waals surface area contributed by atoms with E-state index in [1.54, 1.807) is 0 Å². The summed E-state index contributed by atoms with van der Waals surface area (Å²) in [4.78, 5) is 0. The molecule has 1 aliphatic rings. The number of hydrogen-bond acceptors (Lipinski definition) is 4. The molecule has 0 atom stereocenters. The van der Waals surface area contributed by atoms with Crippen molar-refractivity contribution in [2.75, 3.05) is 13.2 Å². The number of nitrogens with one attached hydrogen (secondary N) is 2. The van der Waals surface area contributed by atoms with E-state index in [1.807, 2.05) is 32.2 Å². The minimum atomic E-state index is -0.199. The molecule has 0 amide bonds. The van der Waals surface area contributed by atoms with Crippen molar-refractivity contribution in [2.24, 2.45) is 5.84 Å². The van der Waals surface area contributed by atoms with Gasteiger partial charge in [-0.3, -0.25) is 5.84 Å². The zero-order chi connectivity index (χ0) is 15.2. The molecule has 0 bridgehead atoms. The van der Waals surface area contributed by atoms with Crippen molar-refractivity contribution in [3.05, 3.63) is 41.3 Å². The molecule has 5 heteroatoms. The van der Waals surface area contributed by atoms with E-state index in [9.17, 15) is 4.39 Å². The van der Waals surface area contributed by atoms with Gasteiger partial charge in [-0.05, 0) is 30.4 Å². The minimum Gasteiger partial charge on any atom is -0.386 e. The van der Waals surface area contributed by atoms with Crippen LogP contribution in [0.5, 0.6) is 0 Å². The Hall–Kier alpha value is -1.59. The molecule has 1 aromatic rings. The first-order valence-electron chi connectivity index (χ1n) is 7.42. The second kappa shape index (κ2) is 7.43. The normalized spacial score (nSPS) is 17.1. The summed E-state index contributed by atoms with van der Waals surface area (Å²) in [6, 6.07) is 5.60. The Morgan fingerprint density at radius 2 is 2.10 bits per heavy atom. The highest BCUT2D eigenvalue weighted by Crippen LogP contribution is 2.21. The molecular formula is C16H24FN3O. The number of ether oxygens (including phenoxy) is 1. The third-order valence-corrected chi connectivity index (χ3v) is 3.77. The van der Waals surface area contributed by atoms with Gasteiger partial charge in [0.1, 0.15) is 5.82 Å². The summed E-state index contributed by atoms with van der Waals surface area (Å²) in [6.07, 6.45) is 3.75. The molecule has 0 radical (unpaired) electrons. The summed E-state index contributed by atoms with van der Waals surface area (Å²) < 4.78 is 19.4. The fourth-order valence-electron chi connectivity index (χ4n) is 2.44. The first-order chi connectivity index (χ1) is 10.1. The fraction of sp³-hybridized carbons (Fsp3) is 0.500. The van der Waals surface area contributed by atoms with E-state index in [0.29, 0.717) is 17.3 Å². The van der Waals surface area contributed by atoms with Crippen LogP contribution in [0, 0.1) is 5.82 Å². The van der Waals surface area contributed by atoms with Crippen LogP contribution in [0.4, 0.5) is 4.39 Å². The maximum Gasteiger partial charge on any atom is 0.127 e. The molecule has 1 saturated heterocycles.